The first-order valence-corrected chi connectivity index (χ1v) is 7.39. The fourth-order valence-electron chi connectivity index (χ4n) is 1.99. The number of methoxy groups -OCH3 is 1. The quantitative estimate of drug-likeness (QED) is 0.735. The largest absolute Gasteiger partial charge is 0.496 e. The normalized spacial score (nSPS) is 10.4. The first-order valence-electron chi connectivity index (χ1n) is 6.60. The van der Waals surface area contributed by atoms with Crippen LogP contribution in [-0.2, 0) is 11.3 Å². The number of benzene rings is 2. The molecule has 110 valence electrons. The van der Waals surface area contributed by atoms with E-state index < -0.39 is 0 Å². The molecule has 2 aromatic rings. The van der Waals surface area contributed by atoms with Crippen LogP contribution in [0.3, 0.4) is 0 Å². The van der Waals surface area contributed by atoms with Gasteiger partial charge in [-0.3, -0.25) is 4.79 Å². The molecular weight excluding hydrogens is 332 g/mol. The summed E-state index contributed by atoms with van der Waals surface area (Å²) in [5.74, 6) is 0.507. The van der Waals surface area contributed by atoms with Crippen LogP contribution in [-0.4, -0.2) is 19.5 Å². The SMILES string of the molecule is COc1cc(C)ccc1C(=O)COCc1cccc(Br)c1. The summed E-state index contributed by atoms with van der Waals surface area (Å²) in [5.41, 5.74) is 2.63. The van der Waals surface area contributed by atoms with E-state index in [0.717, 1.165) is 15.6 Å². The van der Waals surface area contributed by atoms with Crippen LogP contribution in [0.15, 0.2) is 46.9 Å². The number of hydrogen-bond donors (Lipinski definition) is 0. The zero-order valence-electron chi connectivity index (χ0n) is 12.1. The van der Waals surface area contributed by atoms with Crippen molar-refractivity contribution >= 4 is 21.7 Å². The summed E-state index contributed by atoms with van der Waals surface area (Å²) < 4.78 is 11.7. The van der Waals surface area contributed by atoms with Gasteiger partial charge in [0.15, 0.2) is 5.78 Å². The Morgan fingerprint density at radius 2 is 2.00 bits per heavy atom. The van der Waals surface area contributed by atoms with E-state index in [9.17, 15) is 4.79 Å². The number of ketones is 1. The van der Waals surface area contributed by atoms with Gasteiger partial charge in [-0.2, -0.15) is 0 Å². The topological polar surface area (TPSA) is 35.5 Å². The molecule has 4 heteroatoms. The summed E-state index contributed by atoms with van der Waals surface area (Å²) >= 11 is 3.41. The lowest BCUT2D eigenvalue weighted by Crippen LogP contribution is -2.10. The molecule has 0 unspecified atom stereocenters. The molecule has 3 nitrogen and oxygen atoms in total. The van der Waals surface area contributed by atoms with E-state index in [0.29, 0.717) is 17.9 Å². The van der Waals surface area contributed by atoms with E-state index in [2.05, 4.69) is 15.9 Å². The van der Waals surface area contributed by atoms with Gasteiger partial charge < -0.3 is 9.47 Å². The number of carbonyl (C=O) groups is 1. The number of aryl methyl sites for hydroxylation is 1. The summed E-state index contributed by atoms with van der Waals surface area (Å²) in [6.07, 6.45) is 0. The van der Waals surface area contributed by atoms with Gasteiger partial charge in [0, 0.05) is 4.47 Å². The smallest absolute Gasteiger partial charge is 0.192 e. The van der Waals surface area contributed by atoms with Gasteiger partial charge in [0.2, 0.25) is 0 Å². The van der Waals surface area contributed by atoms with Crippen molar-refractivity contribution < 1.29 is 14.3 Å². The minimum Gasteiger partial charge on any atom is -0.496 e. The Labute approximate surface area is 133 Å². The number of Topliss-reactive ketones (excluding diaryl/α,β-unsaturated/α-hetero) is 1. The molecule has 0 heterocycles. The van der Waals surface area contributed by atoms with E-state index in [1.165, 1.54) is 0 Å². The predicted octanol–water partition coefficient (Wildman–Crippen LogP) is 4.17. The first kappa shape index (κ1) is 15.7. The molecule has 0 aliphatic heterocycles. The zero-order valence-corrected chi connectivity index (χ0v) is 13.6. The average molecular weight is 349 g/mol. The molecule has 0 spiro atoms. The van der Waals surface area contributed by atoms with Crippen LogP contribution in [0.2, 0.25) is 0 Å². The van der Waals surface area contributed by atoms with E-state index in [1.54, 1.807) is 13.2 Å². The first-order chi connectivity index (χ1) is 10.1. The molecule has 0 radical (unpaired) electrons. The van der Waals surface area contributed by atoms with Crippen LogP contribution >= 0.6 is 15.9 Å². The van der Waals surface area contributed by atoms with Crippen molar-refractivity contribution in [1.29, 1.82) is 0 Å². The third kappa shape index (κ3) is 4.41. The van der Waals surface area contributed by atoms with Crippen LogP contribution in [0.4, 0.5) is 0 Å². The Kier molecular flexibility index (Phi) is 5.53. The van der Waals surface area contributed by atoms with Gasteiger partial charge in [-0.25, -0.2) is 0 Å². The van der Waals surface area contributed by atoms with Crippen molar-refractivity contribution in [2.45, 2.75) is 13.5 Å². The van der Waals surface area contributed by atoms with Crippen LogP contribution < -0.4 is 4.74 Å². The Balaban J connectivity index is 1.96. The number of carbonyl (C=O) groups excluding carboxylic acids is 1. The Hall–Kier alpha value is -1.65. The summed E-state index contributed by atoms with van der Waals surface area (Å²) in [4.78, 5) is 12.2. The summed E-state index contributed by atoms with van der Waals surface area (Å²) in [5, 5.41) is 0. The highest BCUT2D eigenvalue weighted by Gasteiger charge is 2.12. The number of rotatable bonds is 6. The number of ether oxygens (including phenoxy) is 2. The maximum absolute atomic E-state index is 12.2. The monoisotopic (exact) mass is 348 g/mol. The fourth-order valence-corrected chi connectivity index (χ4v) is 2.44. The van der Waals surface area contributed by atoms with Gasteiger partial charge in [0.1, 0.15) is 12.4 Å². The molecule has 0 amide bonds. The average Bonchev–Trinajstić information content (AvgIpc) is 2.47. The van der Waals surface area contributed by atoms with Crippen LogP contribution in [0, 0.1) is 6.92 Å². The van der Waals surface area contributed by atoms with Crippen LogP contribution in [0.1, 0.15) is 21.5 Å². The molecular formula is C17H17BrO3. The van der Waals surface area contributed by atoms with Crippen molar-refractivity contribution in [2.24, 2.45) is 0 Å². The standard InChI is InChI=1S/C17H17BrO3/c1-12-6-7-15(17(8-12)20-2)16(19)11-21-10-13-4-3-5-14(18)9-13/h3-9H,10-11H2,1-2H3. The predicted molar refractivity (Wildman–Crippen MR) is 85.9 cm³/mol. The molecule has 0 bridgehead atoms. The molecule has 0 aliphatic rings. The van der Waals surface area contributed by atoms with Gasteiger partial charge in [-0.15, -0.1) is 0 Å². The molecule has 2 rings (SSSR count). The second-order valence-corrected chi connectivity index (χ2v) is 5.67. The van der Waals surface area contributed by atoms with Gasteiger partial charge in [0.25, 0.3) is 0 Å². The highest BCUT2D eigenvalue weighted by atomic mass is 79.9. The van der Waals surface area contributed by atoms with E-state index >= 15 is 0 Å². The third-order valence-corrected chi connectivity index (χ3v) is 3.54. The van der Waals surface area contributed by atoms with Gasteiger partial charge >= 0.3 is 0 Å². The lowest BCUT2D eigenvalue weighted by molar-refractivity contribution is 0.0723. The Bertz CT molecular complexity index is 638. The summed E-state index contributed by atoms with van der Waals surface area (Å²) in [7, 11) is 1.56. The highest BCUT2D eigenvalue weighted by molar-refractivity contribution is 9.10. The molecule has 0 saturated carbocycles. The molecule has 0 aliphatic carbocycles. The van der Waals surface area contributed by atoms with Crippen LogP contribution in [0.25, 0.3) is 0 Å². The second kappa shape index (κ2) is 7.38. The Morgan fingerprint density at radius 3 is 2.71 bits per heavy atom. The molecule has 0 N–H and O–H groups in total. The van der Waals surface area contributed by atoms with Crippen molar-refractivity contribution in [3.63, 3.8) is 0 Å². The minimum absolute atomic E-state index is 0.0337. The molecule has 21 heavy (non-hydrogen) atoms. The lowest BCUT2D eigenvalue weighted by atomic mass is 10.1. The van der Waals surface area contributed by atoms with E-state index in [1.807, 2.05) is 43.3 Å². The van der Waals surface area contributed by atoms with Gasteiger partial charge in [-0.05, 0) is 42.3 Å². The molecule has 0 fully saturated rings. The number of halogens is 1. The molecule has 2 aromatic carbocycles. The van der Waals surface area contributed by atoms with Gasteiger partial charge in [0.05, 0.1) is 19.3 Å². The lowest BCUT2D eigenvalue weighted by Gasteiger charge is -2.09. The zero-order chi connectivity index (χ0) is 15.2. The minimum atomic E-state index is -0.0816. The Morgan fingerprint density at radius 1 is 1.19 bits per heavy atom. The van der Waals surface area contributed by atoms with Crippen LogP contribution in [0.5, 0.6) is 5.75 Å². The summed E-state index contributed by atoms with van der Waals surface area (Å²) in [6, 6.07) is 13.3. The van der Waals surface area contributed by atoms with Crippen molar-refractivity contribution in [3.8, 4) is 5.75 Å². The third-order valence-electron chi connectivity index (χ3n) is 3.05. The van der Waals surface area contributed by atoms with Crippen molar-refractivity contribution in [2.75, 3.05) is 13.7 Å². The molecule has 0 saturated heterocycles. The van der Waals surface area contributed by atoms with Crippen molar-refractivity contribution in [1.82, 2.24) is 0 Å². The maximum Gasteiger partial charge on any atom is 0.192 e. The second-order valence-electron chi connectivity index (χ2n) is 4.75. The maximum atomic E-state index is 12.2. The number of hydrogen-bond acceptors (Lipinski definition) is 3. The molecule has 0 aromatic heterocycles. The fraction of sp³-hybridized carbons (Fsp3) is 0.235. The van der Waals surface area contributed by atoms with Crippen molar-refractivity contribution in [3.05, 3.63) is 63.6 Å². The van der Waals surface area contributed by atoms with E-state index in [4.69, 9.17) is 9.47 Å². The molecule has 0 atom stereocenters. The van der Waals surface area contributed by atoms with Gasteiger partial charge in [-0.1, -0.05) is 34.1 Å². The highest BCUT2D eigenvalue weighted by Crippen LogP contribution is 2.20. The van der Waals surface area contributed by atoms with E-state index in [-0.39, 0.29) is 12.4 Å². The summed E-state index contributed by atoms with van der Waals surface area (Å²) in [6.45, 7) is 2.39.